The van der Waals surface area contributed by atoms with Crippen LogP contribution in [0.1, 0.15) is 32.6 Å². The zero-order valence-corrected chi connectivity index (χ0v) is 12.3. The highest BCUT2D eigenvalue weighted by Crippen LogP contribution is 2.17. The number of nitrogens with one attached hydrogen (secondary N) is 1. The molecular formula is C14H30N2O2. The van der Waals surface area contributed by atoms with Crippen molar-refractivity contribution in [1.29, 1.82) is 0 Å². The van der Waals surface area contributed by atoms with Crippen LogP contribution in [0.25, 0.3) is 0 Å². The third-order valence-electron chi connectivity index (χ3n) is 3.58. The number of ether oxygens (including phenoxy) is 2. The van der Waals surface area contributed by atoms with Crippen molar-refractivity contribution in [2.75, 3.05) is 47.0 Å². The maximum Gasteiger partial charge on any atom is 0.0589 e. The van der Waals surface area contributed by atoms with Crippen molar-refractivity contribution in [2.24, 2.45) is 0 Å². The SMILES string of the molecule is CCCC1CC(NCCN(C)CCOC)CCO1. The molecule has 0 aromatic rings. The fraction of sp³-hybridized carbons (Fsp3) is 1.00. The molecule has 0 spiro atoms. The Balaban J connectivity index is 2.07. The van der Waals surface area contributed by atoms with Gasteiger partial charge in [-0.1, -0.05) is 13.3 Å². The molecule has 1 aliphatic rings. The number of methoxy groups -OCH3 is 1. The second-order valence-corrected chi connectivity index (χ2v) is 5.25. The van der Waals surface area contributed by atoms with Crippen molar-refractivity contribution in [1.82, 2.24) is 10.2 Å². The zero-order valence-electron chi connectivity index (χ0n) is 12.3. The standard InChI is InChI=1S/C14H30N2O2/c1-4-5-14-12-13(6-10-18-14)15-7-8-16(2)9-11-17-3/h13-15H,4-12H2,1-3H3. The van der Waals surface area contributed by atoms with Gasteiger partial charge in [-0.05, 0) is 26.3 Å². The molecule has 0 saturated carbocycles. The van der Waals surface area contributed by atoms with Gasteiger partial charge in [-0.15, -0.1) is 0 Å². The minimum Gasteiger partial charge on any atom is -0.383 e. The second kappa shape index (κ2) is 9.73. The number of hydrogen-bond donors (Lipinski definition) is 1. The van der Waals surface area contributed by atoms with Crippen LogP contribution in [0.3, 0.4) is 0 Å². The smallest absolute Gasteiger partial charge is 0.0589 e. The third-order valence-corrected chi connectivity index (χ3v) is 3.58. The van der Waals surface area contributed by atoms with Gasteiger partial charge in [0.1, 0.15) is 0 Å². The molecule has 1 N–H and O–H groups in total. The van der Waals surface area contributed by atoms with Crippen molar-refractivity contribution in [3.63, 3.8) is 0 Å². The summed E-state index contributed by atoms with van der Waals surface area (Å²) in [6, 6.07) is 0.645. The van der Waals surface area contributed by atoms with E-state index in [1.165, 1.54) is 19.3 Å². The van der Waals surface area contributed by atoms with Gasteiger partial charge in [-0.2, -0.15) is 0 Å². The van der Waals surface area contributed by atoms with E-state index in [0.29, 0.717) is 12.1 Å². The number of hydrogen-bond acceptors (Lipinski definition) is 4. The Morgan fingerprint density at radius 3 is 2.94 bits per heavy atom. The highest BCUT2D eigenvalue weighted by Gasteiger charge is 2.21. The van der Waals surface area contributed by atoms with Crippen molar-refractivity contribution in [2.45, 2.75) is 44.8 Å². The Hall–Kier alpha value is -0.160. The lowest BCUT2D eigenvalue weighted by molar-refractivity contribution is -0.00335. The van der Waals surface area contributed by atoms with Gasteiger partial charge in [0.05, 0.1) is 12.7 Å². The molecule has 0 amide bonds. The van der Waals surface area contributed by atoms with Gasteiger partial charge in [0.25, 0.3) is 0 Å². The molecule has 1 heterocycles. The molecule has 1 rings (SSSR count). The minimum absolute atomic E-state index is 0.479. The maximum absolute atomic E-state index is 5.76. The molecule has 18 heavy (non-hydrogen) atoms. The van der Waals surface area contributed by atoms with Crippen LogP contribution in [-0.2, 0) is 9.47 Å². The molecule has 1 saturated heterocycles. The second-order valence-electron chi connectivity index (χ2n) is 5.25. The van der Waals surface area contributed by atoms with Crippen LogP contribution in [-0.4, -0.2) is 64.1 Å². The topological polar surface area (TPSA) is 33.7 Å². The minimum atomic E-state index is 0.479. The molecule has 1 fully saturated rings. The van der Waals surface area contributed by atoms with E-state index in [0.717, 1.165) is 39.3 Å². The predicted octanol–water partition coefficient (Wildman–Crippen LogP) is 1.50. The van der Waals surface area contributed by atoms with E-state index in [-0.39, 0.29) is 0 Å². The van der Waals surface area contributed by atoms with Gasteiger partial charge in [0.2, 0.25) is 0 Å². The van der Waals surface area contributed by atoms with Crippen LogP contribution < -0.4 is 5.32 Å². The number of nitrogens with zero attached hydrogens (tertiary/aromatic N) is 1. The van der Waals surface area contributed by atoms with Crippen LogP contribution in [0, 0.1) is 0 Å². The molecule has 4 heteroatoms. The Kier molecular flexibility index (Phi) is 8.59. The summed E-state index contributed by atoms with van der Waals surface area (Å²) in [6.07, 6.45) is 5.23. The van der Waals surface area contributed by atoms with E-state index in [1.807, 2.05) is 0 Å². The van der Waals surface area contributed by atoms with Crippen molar-refractivity contribution >= 4 is 0 Å². The Bertz CT molecular complexity index is 200. The van der Waals surface area contributed by atoms with Crippen LogP contribution >= 0.6 is 0 Å². The van der Waals surface area contributed by atoms with E-state index in [1.54, 1.807) is 7.11 Å². The van der Waals surface area contributed by atoms with E-state index in [2.05, 4.69) is 24.2 Å². The largest absolute Gasteiger partial charge is 0.383 e. The Labute approximate surface area is 112 Å². The highest BCUT2D eigenvalue weighted by atomic mass is 16.5. The molecule has 0 radical (unpaired) electrons. The van der Waals surface area contributed by atoms with Gasteiger partial charge in [0, 0.05) is 39.4 Å². The van der Waals surface area contributed by atoms with Crippen LogP contribution in [0.2, 0.25) is 0 Å². The van der Waals surface area contributed by atoms with Crippen LogP contribution in [0.5, 0.6) is 0 Å². The zero-order chi connectivity index (χ0) is 13.2. The summed E-state index contributed by atoms with van der Waals surface area (Å²) in [5.74, 6) is 0. The summed E-state index contributed by atoms with van der Waals surface area (Å²) in [6.45, 7) is 7.10. The summed E-state index contributed by atoms with van der Waals surface area (Å²) in [7, 11) is 3.90. The summed E-state index contributed by atoms with van der Waals surface area (Å²) in [5.41, 5.74) is 0. The lowest BCUT2D eigenvalue weighted by atomic mass is 10.0. The fourth-order valence-electron chi connectivity index (χ4n) is 2.41. The molecule has 1 aliphatic heterocycles. The quantitative estimate of drug-likeness (QED) is 0.679. The first-order chi connectivity index (χ1) is 8.76. The molecule has 0 aliphatic carbocycles. The monoisotopic (exact) mass is 258 g/mol. The van der Waals surface area contributed by atoms with Gasteiger partial charge >= 0.3 is 0 Å². The first-order valence-corrected chi connectivity index (χ1v) is 7.28. The molecule has 0 aromatic carbocycles. The molecule has 108 valence electrons. The van der Waals surface area contributed by atoms with E-state index in [9.17, 15) is 0 Å². The highest BCUT2D eigenvalue weighted by molar-refractivity contribution is 4.77. The molecule has 4 nitrogen and oxygen atoms in total. The van der Waals surface area contributed by atoms with Gasteiger partial charge < -0.3 is 19.7 Å². The third kappa shape index (κ3) is 6.69. The van der Waals surface area contributed by atoms with Gasteiger partial charge in [-0.25, -0.2) is 0 Å². The average Bonchev–Trinajstić information content (AvgIpc) is 2.37. The summed E-state index contributed by atoms with van der Waals surface area (Å²) in [5, 5.41) is 3.65. The first-order valence-electron chi connectivity index (χ1n) is 7.28. The Morgan fingerprint density at radius 2 is 2.22 bits per heavy atom. The van der Waals surface area contributed by atoms with Crippen molar-refractivity contribution < 1.29 is 9.47 Å². The molecular weight excluding hydrogens is 228 g/mol. The summed E-state index contributed by atoms with van der Waals surface area (Å²) >= 11 is 0. The van der Waals surface area contributed by atoms with Crippen LogP contribution in [0.15, 0.2) is 0 Å². The van der Waals surface area contributed by atoms with E-state index < -0.39 is 0 Å². The predicted molar refractivity (Wildman–Crippen MR) is 75.0 cm³/mol. The molecule has 2 atom stereocenters. The summed E-state index contributed by atoms with van der Waals surface area (Å²) in [4.78, 5) is 2.30. The normalized spacial score (nSPS) is 24.7. The Morgan fingerprint density at radius 1 is 1.39 bits per heavy atom. The molecule has 2 unspecified atom stereocenters. The number of rotatable bonds is 9. The van der Waals surface area contributed by atoms with Crippen molar-refractivity contribution in [3.05, 3.63) is 0 Å². The van der Waals surface area contributed by atoms with E-state index in [4.69, 9.17) is 9.47 Å². The summed E-state index contributed by atoms with van der Waals surface area (Å²) < 4.78 is 10.8. The number of likely N-dealkylation sites (N-methyl/N-ethyl adjacent to an activating group) is 1. The molecule has 0 bridgehead atoms. The lowest BCUT2D eigenvalue weighted by Gasteiger charge is -2.30. The average molecular weight is 258 g/mol. The van der Waals surface area contributed by atoms with Gasteiger partial charge in [-0.3, -0.25) is 0 Å². The van der Waals surface area contributed by atoms with Crippen molar-refractivity contribution in [3.8, 4) is 0 Å². The van der Waals surface area contributed by atoms with Crippen LogP contribution in [0.4, 0.5) is 0 Å². The van der Waals surface area contributed by atoms with E-state index >= 15 is 0 Å². The molecule has 0 aromatic heterocycles. The maximum atomic E-state index is 5.76. The lowest BCUT2D eigenvalue weighted by Crippen LogP contribution is -2.42. The van der Waals surface area contributed by atoms with Gasteiger partial charge in [0.15, 0.2) is 0 Å². The fourth-order valence-corrected chi connectivity index (χ4v) is 2.41. The first kappa shape index (κ1) is 15.9.